The highest BCUT2D eigenvalue weighted by molar-refractivity contribution is 6.05. The summed E-state index contributed by atoms with van der Waals surface area (Å²) in [5.41, 5.74) is 3.10. The van der Waals surface area contributed by atoms with Crippen LogP contribution in [0.2, 0.25) is 0 Å². The van der Waals surface area contributed by atoms with Crippen molar-refractivity contribution in [1.82, 2.24) is 9.88 Å². The van der Waals surface area contributed by atoms with E-state index in [-0.39, 0.29) is 5.91 Å². The molecule has 0 radical (unpaired) electrons. The molecule has 3 rings (SSSR count). The summed E-state index contributed by atoms with van der Waals surface area (Å²) >= 11 is 0. The molecule has 1 amide bonds. The Labute approximate surface area is 173 Å². The van der Waals surface area contributed by atoms with Gasteiger partial charge in [0.1, 0.15) is 5.92 Å². The standard InChI is InChI=1S/C23H33N3O3/c1-5-6-18(23(28)29-4)22(27)25-17-7-8-21-19(13-17)20(14-24-21)16-9-11-26(12-10-16)15(2)3/h7-8,13-16,18,24H,5-6,9-12H2,1-4H3,(H,25,27). The quantitative estimate of drug-likeness (QED) is 0.538. The molecule has 0 saturated carbocycles. The Morgan fingerprint density at radius 2 is 2.00 bits per heavy atom. The van der Waals surface area contributed by atoms with Crippen molar-refractivity contribution in [3.63, 3.8) is 0 Å². The minimum absolute atomic E-state index is 0.305. The van der Waals surface area contributed by atoms with Crippen LogP contribution in [-0.4, -0.2) is 48.0 Å². The first-order valence-corrected chi connectivity index (χ1v) is 10.7. The van der Waals surface area contributed by atoms with E-state index in [4.69, 9.17) is 4.74 Å². The Kier molecular flexibility index (Phi) is 6.96. The number of nitrogens with one attached hydrogen (secondary N) is 2. The maximum Gasteiger partial charge on any atom is 0.318 e. The summed E-state index contributed by atoms with van der Waals surface area (Å²) in [5, 5.41) is 4.06. The van der Waals surface area contributed by atoms with Gasteiger partial charge in [-0.05, 0) is 75.9 Å². The molecular weight excluding hydrogens is 366 g/mol. The molecule has 2 aromatic rings. The predicted molar refractivity (Wildman–Crippen MR) is 116 cm³/mol. The van der Waals surface area contributed by atoms with Crippen molar-refractivity contribution in [2.45, 2.75) is 58.4 Å². The van der Waals surface area contributed by atoms with Crippen molar-refractivity contribution < 1.29 is 14.3 Å². The summed E-state index contributed by atoms with van der Waals surface area (Å²) in [7, 11) is 1.32. The smallest absolute Gasteiger partial charge is 0.318 e. The Bertz CT molecular complexity index is 850. The van der Waals surface area contributed by atoms with Crippen molar-refractivity contribution in [2.75, 3.05) is 25.5 Å². The zero-order chi connectivity index (χ0) is 21.0. The number of fused-ring (bicyclic) bond motifs is 1. The summed E-state index contributed by atoms with van der Waals surface area (Å²) in [6, 6.07) is 6.48. The van der Waals surface area contributed by atoms with E-state index in [1.165, 1.54) is 12.7 Å². The summed E-state index contributed by atoms with van der Waals surface area (Å²) < 4.78 is 4.80. The van der Waals surface area contributed by atoms with Gasteiger partial charge >= 0.3 is 5.97 Å². The lowest BCUT2D eigenvalue weighted by Gasteiger charge is -2.34. The summed E-state index contributed by atoms with van der Waals surface area (Å²) in [6.07, 6.45) is 5.61. The molecule has 158 valence electrons. The molecule has 2 N–H and O–H groups in total. The molecule has 2 heterocycles. The minimum atomic E-state index is -0.772. The molecule has 1 fully saturated rings. The van der Waals surface area contributed by atoms with Crippen LogP contribution in [0.1, 0.15) is 57.9 Å². The maximum atomic E-state index is 12.6. The number of aromatic amines is 1. The fourth-order valence-corrected chi connectivity index (χ4v) is 4.30. The minimum Gasteiger partial charge on any atom is -0.468 e. The molecule has 29 heavy (non-hydrogen) atoms. The number of hydrogen-bond acceptors (Lipinski definition) is 4. The van der Waals surface area contributed by atoms with E-state index in [9.17, 15) is 9.59 Å². The van der Waals surface area contributed by atoms with Gasteiger partial charge in [-0.1, -0.05) is 13.3 Å². The number of piperidine rings is 1. The number of likely N-dealkylation sites (tertiary alicyclic amines) is 1. The number of carbonyl (C=O) groups is 2. The van der Waals surface area contributed by atoms with Gasteiger partial charge in [0.2, 0.25) is 5.91 Å². The highest BCUT2D eigenvalue weighted by atomic mass is 16.5. The first kappa shape index (κ1) is 21.4. The highest BCUT2D eigenvalue weighted by Gasteiger charge is 2.27. The number of methoxy groups -OCH3 is 1. The molecule has 1 atom stereocenters. The monoisotopic (exact) mass is 399 g/mol. The largest absolute Gasteiger partial charge is 0.468 e. The zero-order valence-corrected chi connectivity index (χ0v) is 18.0. The predicted octanol–water partition coefficient (Wildman–Crippen LogP) is 4.28. The maximum absolute atomic E-state index is 12.6. The molecule has 1 aromatic heterocycles. The van der Waals surface area contributed by atoms with Crippen LogP contribution < -0.4 is 5.32 Å². The molecular formula is C23H33N3O3. The van der Waals surface area contributed by atoms with E-state index in [1.54, 1.807) is 0 Å². The fourth-order valence-electron chi connectivity index (χ4n) is 4.30. The van der Waals surface area contributed by atoms with Crippen molar-refractivity contribution >= 4 is 28.5 Å². The third kappa shape index (κ3) is 4.81. The Balaban J connectivity index is 1.77. The molecule has 1 aromatic carbocycles. The van der Waals surface area contributed by atoms with E-state index in [1.807, 2.05) is 25.1 Å². The number of H-pyrrole nitrogens is 1. The summed E-state index contributed by atoms with van der Waals surface area (Å²) in [4.78, 5) is 30.5. The van der Waals surface area contributed by atoms with E-state index in [2.05, 4.69) is 35.2 Å². The molecule has 6 heteroatoms. The lowest BCUT2D eigenvalue weighted by Crippen LogP contribution is -2.37. The second kappa shape index (κ2) is 9.44. The van der Waals surface area contributed by atoms with Crippen LogP contribution in [0, 0.1) is 5.92 Å². The fraction of sp³-hybridized carbons (Fsp3) is 0.565. The van der Waals surface area contributed by atoms with Crippen LogP contribution in [0.5, 0.6) is 0 Å². The van der Waals surface area contributed by atoms with Crippen LogP contribution >= 0.6 is 0 Å². The third-order valence-corrected chi connectivity index (χ3v) is 6.06. The number of hydrogen-bond donors (Lipinski definition) is 2. The van der Waals surface area contributed by atoms with E-state index in [0.29, 0.717) is 24.1 Å². The number of benzene rings is 1. The van der Waals surface area contributed by atoms with Gasteiger partial charge < -0.3 is 19.9 Å². The molecule has 1 saturated heterocycles. The van der Waals surface area contributed by atoms with Crippen molar-refractivity contribution in [3.05, 3.63) is 30.0 Å². The second-order valence-electron chi connectivity index (χ2n) is 8.26. The molecule has 1 unspecified atom stereocenters. The summed E-state index contributed by atoms with van der Waals surface area (Å²) in [6.45, 7) is 8.68. The molecule has 0 spiro atoms. The van der Waals surface area contributed by atoms with Crippen molar-refractivity contribution in [3.8, 4) is 0 Å². The first-order chi connectivity index (χ1) is 13.9. The molecule has 0 aliphatic carbocycles. The van der Waals surface area contributed by atoms with Crippen LogP contribution in [0.25, 0.3) is 10.9 Å². The number of rotatable bonds is 7. The zero-order valence-electron chi connectivity index (χ0n) is 18.0. The third-order valence-electron chi connectivity index (χ3n) is 6.06. The lowest BCUT2D eigenvalue weighted by molar-refractivity contribution is -0.148. The number of ether oxygens (including phenoxy) is 1. The lowest BCUT2D eigenvalue weighted by atomic mass is 9.88. The normalized spacial score (nSPS) is 16.9. The molecule has 1 aliphatic rings. The van der Waals surface area contributed by atoms with Crippen LogP contribution in [0.4, 0.5) is 5.69 Å². The number of esters is 1. The Morgan fingerprint density at radius 1 is 1.28 bits per heavy atom. The van der Waals surface area contributed by atoms with Gasteiger partial charge in [-0.25, -0.2) is 0 Å². The number of nitrogens with zero attached hydrogens (tertiary/aromatic N) is 1. The average Bonchev–Trinajstić information content (AvgIpc) is 3.14. The summed E-state index contributed by atoms with van der Waals surface area (Å²) in [5.74, 6) is -1.04. The number of carbonyl (C=O) groups excluding carboxylic acids is 2. The topological polar surface area (TPSA) is 74.4 Å². The van der Waals surface area contributed by atoms with E-state index < -0.39 is 11.9 Å². The SMILES string of the molecule is CCCC(C(=O)Nc1ccc2[nH]cc(C3CCN(C(C)C)CC3)c2c1)C(=O)OC. The number of anilines is 1. The number of amides is 1. The average molecular weight is 400 g/mol. The van der Waals surface area contributed by atoms with E-state index >= 15 is 0 Å². The van der Waals surface area contributed by atoms with Gasteiger partial charge in [0.25, 0.3) is 0 Å². The van der Waals surface area contributed by atoms with Gasteiger partial charge in [-0.15, -0.1) is 0 Å². The van der Waals surface area contributed by atoms with E-state index in [0.717, 1.165) is 43.3 Å². The number of aromatic nitrogens is 1. The van der Waals surface area contributed by atoms with Crippen LogP contribution in [-0.2, 0) is 14.3 Å². The molecule has 0 bridgehead atoms. The van der Waals surface area contributed by atoms with Crippen LogP contribution in [0.15, 0.2) is 24.4 Å². The van der Waals surface area contributed by atoms with Crippen molar-refractivity contribution in [2.24, 2.45) is 5.92 Å². The Hall–Kier alpha value is -2.34. The molecule has 1 aliphatic heterocycles. The van der Waals surface area contributed by atoms with Gasteiger partial charge in [-0.3, -0.25) is 9.59 Å². The van der Waals surface area contributed by atoms with Crippen LogP contribution in [0.3, 0.4) is 0 Å². The van der Waals surface area contributed by atoms with Gasteiger partial charge in [0.15, 0.2) is 0 Å². The second-order valence-corrected chi connectivity index (χ2v) is 8.26. The highest BCUT2D eigenvalue weighted by Crippen LogP contribution is 2.34. The van der Waals surface area contributed by atoms with Gasteiger partial charge in [0, 0.05) is 28.8 Å². The van der Waals surface area contributed by atoms with Crippen molar-refractivity contribution in [1.29, 1.82) is 0 Å². The van der Waals surface area contributed by atoms with Gasteiger partial charge in [0.05, 0.1) is 7.11 Å². The Morgan fingerprint density at radius 3 is 2.62 bits per heavy atom. The van der Waals surface area contributed by atoms with Gasteiger partial charge in [-0.2, -0.15) is 0 Å². The molecule has 6 nitrogen and oxygen atoms in total. The first-order valence-electron chi connectivity index (χ1n) is 10.7.